The van der Waals surface area contributed by atoms with Crippen molar-refractivity contribution in [1.82, 2.24) is 0 Å². The van der Waals surface area contributed by atoms with Crippen LogP contribution in [-0.2, 0) is 0 Å². The molecule has 1 aliphatic carbocycles. The molecule has 1 saturated carbocycles. The molecule has 2 aromatic carbocycles. The van der Waals surface area contributed by atoms with Crippen molar-refractivity contribution < 1.29 is 4.39 Å². The Morgan fingerprint density at radius 1 is 1.07 bits per heavy atom. The van der Waals surface area contributed by atoms with Gasteiger partial charge in [-0.15, -0.1) is 0 Å². The van der Waals surface area contributed by atoms with Gasteiger partial charge in [0, 0.05) is 0 Å². The average molecular weight is 382 g/mol. The summed E-state index contributed by atoms with van der Waals surface area (Å²) in [5.74, 6) is 1.94. The lowest BCUT2D eigenvalue weighted by atomic mass is 9.73. The maximum absolute atomic E-state index is 14.1. The summed E-state index contributed by atoms with van der Waals surface area (Å²) >= 11 is 4.55. The molecule has 0 saturated heterocycles. The van der Waals surface area contributed by atoms with E-state index in [1.807, 2.05) is 6.07 Å². The van der Waals surface area contributed by atoms with Gasteiger partial charge >= 0.3 is 0 Å². The predicted octanol–water partition coefficient (Wildman–Crippen LogP) is 7.94. The standard InChI is InChI=1S/C24H28FNS/c1-3-4-18-5-7-19(8-6-18)17(2)20-9-11-21(12-10-20)22-13-14-24(26-16-27)23(25)15-22/h9-15,17-19H,3-8H2,1-2H3. The second-order valence-electron chi connectivity index (χ2n) is 7.85. The van der Waals surface area contributed by atoms with E-state index in [4.69, 9.17) is 0 Å². The molecule has 0 aromatic heterocycles. The lowest BCUT2D eigenvalue weighted by Gasteiger charge is -2.32. The Balaban J connectivity index is 1.68. The smallest absolute Gasteiger partial charge is 0.150 e. The van der Waals surface area contributed by atoms with Crippen LogP contribution in [0.3, 0.4) is 0 Å². The number of isothiocyanates is 1. The zero-order chi connectivity index (χ0) is 19.2. The van der Waals surface area contributed by atoms with Gasteiger partial charge in [0.25, 0.3) is 0 Å². The summed E-state index contributed by atoms with van der Waals surface area (Å²) in [4.78, 5) is 3.74. The van der Waals surface area contributed by atoms with Crippen molar-refractivity contribution in [1.29, 1.82) is 0 Å². The maximum Gasteiger partial charge on any atom is 0.150 e. The van der Waals surface area contributed by atoms with Gasteiger partial charge in [-0.3, -0.25) is 0 Å². The average Bonchev–Trinajstić information content (AvgIpc) is 2.70. The number of nitrogens with zero attached hydrogens (tertiary/aromatic N) is 1. The van der Waals surface area contributed by atoms with E-state index in [1.165, 1.54) is 50.2 Å². The SMILES string of the molecule is CCCC1CCC(C(C)c2ccc(-c3ccc(N=C=S)c(F)c3)cc2)CC1. The summed E-state index contributed by atoms with van der Waals surface area (Å²) in [7, 11) is 0. The van der Waals surface area contributed by atoms with Crippen LogP contribution in [0.25, 0.3) is 11.1 Å². The minimum absolute atomic E-state index is 0.234. The van der Waals surface area contributed by atoms with Crippen molar-refractivity contribution in [2.24, 2.45) is 16.8 Å². The van der Waals surface area contributed by atoms with Gasteiger partial charge in [0.05, 0.1) is 5.16 Å². The number of rotatable bonds is 6. The van der Waals surface area contributed by atoms with Crippen molar-refractivity contribution in [3.05, 3.63) is 53.8 Å². The number of aliphatic imine (C=N–C) groups is 1. The number of hydrogen-bond acceptors (Lipinski definition) is 2. The normalized spacial score (nSPS) is 20.7. The third kappa shape index (κ3) is 4.91. The molecular weight excluding hydrogens is 353 g/mol. The third-order valence-electron chi connectivity index (χ3n) is 6.18. The molecular formula is C24H28FNS. The minimum Gasteiger partial charge on any atom is -0.205 e. The van der Waals surface area contributed by atoms with Gasteiger partial charge in [0.1, 0.15) is 11.5 Å². The van der Waals surface area contributed by atoms with Gasteiger partial charge in [0.15, 0.2) is 0 Å². The molecule has 142 valence electrons. The van der Waals surface area contributed by atoms with E-state index in [1.54, 1.807) is 6.07 Å². The zero-order valence-electron chi connectivity index (χ0n) is 16.2. The zero-order valence-corrected chi connectivity index (χ0v) is 17.1. The Labute approximate surface area is 167 Å². The van der Waals surface area contributed by atoms with Crippen LogP contribution in [0.4, 0.5) is 10.1 Å². The molecule has 3 heteroatoms. The molecule has 0 N–H and O–H groups in total. The fraction of sp³-hybridized carbons (Fsp3) is 0.458. The molecule has 0 radical (unpaired) electrons. The van der Waals surface area contributed by atoms with Crippen LogP contribution < -0.4 is 0 Å². The fourth-order valence-electron chi connectivity index (χ4n) is 4.46. The molecule has 0 amide bonds. The molecule has 1 nitrogen and oxygen atoms in total. The first-order valence-electron chi connectivity index (χ1n) is 10.1. The van der Waals surface area contributed by atoms with Crippen molar-refractivity contribution in [3.63, 3.8) is 0 Å². The minimum atomic E-state index is -0.369. The Bertz CT molecular complexity index is 800. The van der Waals surface area contributed by atoms with E-state index < -0.39 is 0 Å². The fourth-order valence-corrected chi connectivity index (χ4v) is 4.56. The molecule has 0 spiro atoms. The number of halogens is 1. The first-order chi connectivity index (χ1) is 13.1. The second-order valence-corrected chi connectivity index (χ2v) is 8.03. The molecule has 27 heavy (non-hydrogen) atoms. The highest BCUT2D eigenvalue weighted by Crippen LogP contribution is 2.39. The van der Waals surface area contributed by atoms with Crippen LogP contribution in [0.5, 0.6) is 0 Å². The first kappa shape index (κ1) is 19.9. The topological polar surface area (TPSA) is 12.4 Å². The van der Waals surface area contributed by atoms with E-state index in [9.17, 15) is 4.39 Å². The molecule has 1 fully saturated rings. The van der Waals surface area contributed by atoms with Gasteiger partial charge < -0.3 is 0 Å². The van der Waals surface area contributed by atoms with E-state index in [0.29, 0.717) is 5.92 Å². The van der Waals surface area contributed by atoms with Crippen LogP contribution in [0, 0.1) is 17.7 Å². The third-order valence-corrected chi connectivity index (χ3v) is 6.27. The molecule has 2 aromatic rings. The lowest BCUT2D eigenvalue weighted by molar-refractivity contribution is 0.239. The Hall–Kier alpha value is -1.83. The molecule has 3 rings (SSSR count). The summed E-state index contributed by atoms with van der Waals surface area (Å²) in [6, 6.07) is 13.7. The van der Waals surface area contributed by atoms with E-state index in [0.717, 1.165) is 23.0 Å². The first-order valence-corrected chi connectivity index (χ1v) is 10.5. The molecule has 0 aliphatic heterocycles. The largest absolute Gasteiger partial charge is 0.205 e. The lowest BCUT2D eigenvalue weighted by Crippen LogP contribution is -2.19. The van der Waals surface area contributed by atoms with Gasteiger partial charge in [-0.25, -0.2) is 4.39 Å². The Kier molecular flexibility index (Phi) is 6.93. The van der Waals surface area contributed by atoms with Crippen molar-refractivity contribution in [2.75, 3.05) is 0 Å². The van der Waals surface area contributed by atoms with Crippen molar-refractivity contribution in [2.45, 2.75) is 58.3 Å². The van der Waals surface area contributed by atoms with Crippen LogP contribution in [-0.4, -0.2) is 5.16 Å². The summed E-state index contributed by atoms with van der Waals surface area (Å²) < 4.78 is 14.1. The summed E-state index contributed by atoms with van der Waals surface area (Å²) in [6.07, 6.45) is 8.17. The maximum atomic E-state index is 14.1. The van der Waals surface area contributed by atoms with Crippen LogP contribution in [0.15, 0.2) is 47.5 Å². The van der Waals surface area contributed by atoms with Gasteiger partial charge in [0.2, 0.25) is 0 Å². The van der Waals surface area contributed by atoms with Crippen LogP contribution in [0.2, 0.25) is 0 Å². The quantitative estimate of drug-likeness (QED) is 0.365. The summed E-state index contributed by atoms with van der Waals surface area (Å²) in [6.45, 7) is 4.65. The summed E-state index contributed by atoms with van der Waals surface area (Å²) in [5, 5.41) is 2.21. The predicted molar refractivity (Wildman–Crippen MR) is 115 cm³/mol. The molecule has 0 bridgehead atoms. The highest BCUT2D eigenvalue weighted by Gasteiger charge is 2.25. The molecule has 1 aliphatic rings. The number of benzene rings is 2. The monoisotopic (exact) mass is 381 g/mol. The molecule has 0 heterocycles. The van der Waals surface area contributed by atoms with Crippen molar-refractivity contribution >= 4 is 23.1 Å². The highest BCUT2D eigenvalue weighted by atomic mass is 32.1. The molecule has 1 atom stereocenters. The Morgan fingerprint density at radius 3 is 2.33 bits per heavy atom. The summed E-state index contributed by atoms with van der Waals surface area (Å²) in [5.41, 5.74) is 3.50. The second kappa shape index (κ2) is 9.39. The molecule has 1 unspecified atom stereocenters. The number of hydrogen-bond donors (Lipinski definition) is 0. The van der Waals surface area contributed by atoms with Gasteiger partial charge in [-0.05, 0) is 71.6 Å². The number of thiocarbonyl (C=S) groups is 1. The van der Waals surface area contributed by atoms with E-state index in [-0.39, 0.29) is 11.5 Å². The Morgan fingerprint density at radius 2 is 1.74 bits per heavy atom. The van der Waals surface area contributed by atoms with E-state index >= 15 is 0 Å². The van der Waals surface area contributed by atoms with Gasteiger partial charge in [-0.1, -0.05) is 69.9 Å². The van der Waals surface area contributed by atoms with Crippen molar-refractivity contribution in [3.8, 4) is 11.1 Å². The van der Waals surface area contributed by atoms with Crippen LogP contribution in [0.1, 0.15) is 63.9 Å². The highest BCUT2D eigenvalue weighted by molar-refractivity contribution is 7.78. The van der Waals surface area contributed by atoms with Gasteiger partial charge in [-0.2, -0.15) is 4.99 Å². The van der Waals surface area contributed by atoms with Crippen LogP contribution >= 0.6 is 12.2 Å². The van der Waals surface area contributed by atoms with E-state index in [2.05, 4.69) is 60.5 Å².